The van der Waals surface area contributed by atoms with Gasteiger partial charge in [0, 0.05) is 23.8 Å². The standard InChI is InChI=1S/C29H27N5O2S/c1-18-7-10-22(27(35)32-23-13-14-23)15-24(18)33-29-34-25(21-11-8-19(16-30)9-12-21)26(37-29)28(36)31-17-20-5-3-2-4-6-20/h2-12,15,23,25-26H,13-14,17H2,1H3,(H,31,36)(H,32,35)(H,33,34). The first-order chi connectivity index (χ1) is 18.0. The Morgan fingerprint density at radius 2 is 1.81 bits per heavy atom. The minimum atomic E-state index is -0.485. The van der Waals surface area contributed by atoms with Crippen molar-refractivity contribution in [2.75, 3.05) is 5.32 Å². The zero-order chi connectivity index (χ0) is 25.8. The molecule has 2 amide bonds. The summed E-state index contributed by atoms with van der Waals surface area (Å²) in [5.74, 6) is -0.196. The zero-order valence-electron chi connectivity index (χ0n) is 20.4. The van der Waals surface area contributed by atoms with Gasteiger partial charge in [0.15, 0.2) is 5.17 Å². The van der Waals surface area contributed by atoms with Gasteiger partial charge in [0.2, 0.25) is 5.91 Å². The maximum absolute atomic E-state index is 13.3. The highest BCUT2D eigenvalue weighted by Gasteiger charge is 2.37. The number of rotatable bonds is 7. The van der Waals surface area contributed by atoms with Gasteiger partial charge < -0.3 is 16.0 Å². The van der Waals surface area contributed by atoms with E-state index < -0.39 is 11.3 Å². The molecule has 2 aliphatic rings. The predicted molar refractivity (Wildman–Crippen MR) is 146 cm³/mol. The Balaban J connectivity index is 1.36. The SMILES string of the molecule is Cc1ccc(C(=O)NC2CC2)cc1NC1=NC(c2ccc(C#N)cc2)C(C(=O)NCc2ccccc2)S1. The summed E-state index contributed by atoms with van der Waals surface area (Å²) < 4.78 is 0. The Hall–Kier alpha value is -4.09. The van der Waals surface area contributed by atoms with Gasteiger partial charge in [-0.3, -0.25) is 14.6 Å². The summed E-state index contributed by atoms with van der Waals surface area (Å²) in [6.45, 7) is 2.39. The highest BCUT2D eigenvalue weighted by molar-refractivity contribution is 8.15. The fourth-order valence-electron chi connectivity index (χ4n) is 4.07. The number of nitrogens with zero attached hydrogens (tertiary/aromatic N) is 2. The molecule has 2 unspecified atom stereocenters. The van der Waals surface area contributed by atoms with Crippen molar-refractivity contribution < 1.29 is 9.59 Å². The van der Waals surface area contributed by atoms with Crippen LogP contribution in [0.5, 0.6) is 0 Å². The van der Waals surface area contributed by atoms with E-state index in [1.54, 1.807) is 12.1 Å². The number of nitriles is 1. The van der Waals surface area contributed by atoms with Gasteiger partial charge in [0.05, 0.1) is 17.7 Å². The molecular formula is C29H27N5O2S. The Labute approximate surface area is 220 Å². The van der Waals surface area contributed by atoms with Crippen molar-refractivity contribution in [3.8, 4) is 6.07 Å². The molecule has 1 heterocycles. The number of carbonyl (C=O) groups excluding carboxylic acids is 2. The van der Waals surface area contributed by atoms with Crippen molar-refractivity contribution in [3.05, 3.63) is 101 Å². The van der Waals surface area contributed by atoms with Gasteiger partial charge in [0.25, 0.3) is 5.91 Å². The summed E-state index contributed by atoms with van der Waals surface area (Å²) in [6.07, 6.45) is 2.06. The molecule has 0 bridgehead atoms. The van der Waals surface area contributed by atoms with Crippen LogP contribution in [0.3, 0.4) is 0 Å². The number of carbonyl (C=O) groups is 2. The Kier molecular flexibility index (Phi) is 7.24. The van der Waals surface area contributed by atoms with E-state index in [2.05, 4.69) is 22.0 Å². The second-order valence-corrected chi connectivity index (χ2v) is 10.4. The van der Waals surface area contributed by atoms with Crippen LogP contribution < -0.4 is 16.0 Å². The van der Waals surface area contributed by atoms with E-state index >= 15 is 0 Å². The zero-order valence-corrected chi connectivity index (χ0v) is 21.2. The summed E-state index contributed by atoms with van der Waals surface area (Å²) in [6, 6.07) is 24.5. The van der Waals surface area contributed by atoms with Crippen LogP contribution in [0.25, 0.3) is 0 Å². The van der Waals surface area contributed by atoms with Gasteiger partial charge in [-0.15, -0.1) is 0 Å². The molecule has 3 aromatic rings. The quantitative estimate of drug-likeness (QED) is 0.428. The summed E-state index contributed by atoms with van der Waals surface area (Å²) in [7, 11) is 0. The van der Waals surface area contributed by atoms with Crippen LogP contribution in [0.2, 0.25) is 0 Å². The molecule has 1 aliphatic heterocycles. The lowest BCUT2D eigenvalue weighted by atomic mass is 10.0. The van der Waals surface area contributed by atoms with Gasteiger partial charge >= 0.3 is 0 Å². The topological polar surface area (TPSA) is 106 Å². The number of aliphatic imine (C=N–C) groups is 1. The first kappa shape index (κ1) is 24.6. The lowest BCUT2D eigenvalue weighted by molar-refractivity contribution is -0.121. The molecule has 1 aliphatic carbocycles. The van der Waals surface area contributed by atoms with Crippen molar-refractivity contribution in [2.45, 2.75) is 43.6 Å². The molecular weight excluding hydrogens is 482 g/mol. The van der Waals surface area contributed by atoms with E-state index in [1.807, 2.05) is 67.6 Å². The minimum Gasteiger partial charge on any atom is -0.351 e. The normalized spacial score (nSPS) is 18.4. The van der Waals surface area contributed by atoms with Crippen LogP contribution in [-0.2, 0) is 11.3 Å². The average molecular weight is 510 g/mol. The van der Waals surface area contributed by atoms with Crippen LogP contribution in [0.1, 0.15) is 51.5 Å². The molecule has 0 radical (unpaired) electrons. The maximum atomic E-state index is 13.3. The van der Waals surface area contributed by atoms with E-state index in [1.165, 1.54) is 11.8 Å². The number of benzene rings is 3. The number of hydrogen-bond donors (Lipinski definition) is 3. The first-order valence-corrected chi connectivity index (χ1v) is 13.1. The van der Waals surface area contributed by atoms with Gasteiger partial charge in [-0.05, 0) is 60.7 Å². The van der Waals surface area contributed by atoms with E-state index in [9.17, 15) is 14.9 Å². The lowest BCUT2D eigenvalue weighted by Crippen LogP contribution is -2.34. The molecule has 1 fully saturated rings. The molecule has 37 heavy (non-hydrogen) atoms. The van der Waals surface area contributed by atoms with Crippen LogP contribution >= 0.6 is 11.8 Å². The highest BCUT2D eigenvalue weighted by Crippen LogP contribution is 2.39. The molecule has 0 aromatic heterocycles. The first-order valence-electron chi connectivity index (χ1n) is 12.2. The molecule has 8 heteroatoms. The van der Waals surface area contributed by atoms with Crippen LogP contribution in [0.15, 0.2) is 77.8 Å². The minimum absolute atomic E-state index is 0.0832. The van der Waals surface area contributed by atoms with Crippen LogP contribution in [0, 0.1) is 18.3 Å². The number of thioether (sulfide) groups is 1. The lowest BCUT2D eigenvalue weighted by Gasteiger charge is -2.17. The molecule has 0 spiro atoms. The largest absolute Gasteiger partial charge is 0.351 e. The van der Waals surface area contributed by atoms with E-state index in [-0.39, 0.29) is 17.9 Å². The van der Waals surface area contributed by atoms with Crippen molar-refractivity contribution in [3.63, 3.8) is 0 Å². The third-order valence-corrected chi connectivity index (χ3v) is 7.54. The van der Waals surface area contributed by atoms with Gasteiger partial charge in [0.1, 0.15) is 5.25 Å². The number of hydrogen-bond acceptors (Lipinski definition) is 6. The third kappa shape index (κ3) is 6.01. The molecule has 3 N–H and O–H groups in total. The molecule has 2 atom stereocenters. The number of amides is 2. The summed E-state index contributed by atoms with van der Waals surface area (Å²) in [5, 5.41) is 18.7. The average Bonchev–Trinajstić information content (AvgIpc) is 3.64. The third-order valence-electron chi connectivity index (χ3n) is 6.38. The van der Waals surface area contributed by atoms with Gasteiger partial charge in [-0.1, -0.05) is 60.3 Å². The second kappa shape index (κ2) is 10.9. The summed E-state index contributed by atoms with van der Waals surface area (Å²) in [4.78, 5) is 30.7. The number of anilines is 1. The van der Waals surface area contributed by atoms with Crippen LogP contribution in [0.4, 0.5) is 5.69 Å². The monoisotopic (exact) mass is 509 g/mol. The molecule has 7 nitrogen and oxygen atoms in total. The Morgan fingerprint density at radius 1 is 1.05 bits per heavy atom. The number of aryl methyl sites for hydroxylation is 1. The fourth-order valence-corrected chi connectivity index (χ4v) is 5.19. The van der Waals surface area contributed by atoms with Crippen molar-refractivity contribution in [1.29, 1.82) is 5.26 Å². The summed E-state index contributed by atoms with van der Waals surface area (Å²) in [5.41, 5.74) is 4.77. The van der Waals surface area contributed by atoms with Crippen molar-refractivity contribution in [1.82, 2.24) is 10.6 Å². The van der Waals surface area contributed by atoms with Gasteiger partial charge in [-0.25, -0.2) is 0 Å². The van der Waals surface area contributed by atoms with Crippen molar-refractivity contribution >= 4 is 34.4 Å². The molecule has 0 saturated heterocycles. The molecule has 186 valence electrons. The van der Waals surface area contributed by atoms with E-state index in [4.69, 9.17) is 4.99 Å². The van der Waals surface area contributed by atoms with Crippen molar-refractivity contribution in [2.24, 2.45) is 4.99 Å². The van der Waals surface area contributed by atoms with E-state index in [0.717, 1.165) is 35.2 Å². The van der Waals surface area contributed by atoms with Gasteiger partial charge in [-0.2, -0.15) is 5.26 Å². The highest BCUT2D eigenvalue weighted by atomic mass is 32.2. The number of nitrogens with one attached hydrogen (secondary N) is 3. The second-order valence-electron chi connectivity index (χ2n) is 9.26. The molecule has 5 rings (SSSR count). The Morgan fingerprint density at radius 3 is 2.51 bits per heavy atom. The smallest absolute Gasteiger partial charge is 0.251 e. The number of amidine groups is 1. The fraction of sp³-hybridized carbons (Fsp3) is 0.241. The predicted octanol–water partition coefficient (Wildman–Crippen LogP) is 4.70. The van der Waals surface area contributed by atoms with Crippen LogP contribution in [-0.4, -0.2) is 28.3 Å². The molecule has 1 saturated carbocycles. The maximum Gasteiger partial charge on any atom is 0.251 e. The molecule has 3 aromatic carbocycles. The van der Waals surface area contributed by atoms with E-state index in [0.29, 0.717) is 22.8 Å². The Bertz CT molecular complexity index is 1380. The summed E-state index contributed by atoms with van der Waals surface area (Å²) >= 11 is 1.37.